The van der Waals surface area contributed by atoms with Crippen LogP contribution in [0.2, 0.25) is 0 Å². The molecule has 7 nitrogen and oxygen atoms in total. The van der Waals surface area contributed by atoms with Gasteiger partial charge in [-0.25, -0.2) is 0 Å². The highest BCUT2D eigenvalue weighted by Gasteiger charge is 2.41. The normalized spacial score (nSPS) is 25.8. The Balaban J connectivity index is 1.37. The number of ether oxygens (including phenoxy) is 2. The molecule has 0 bridgehead atoms. The molecule has 7 heteroatoms. The van der Waals surface area contributed by atoms with Crippen molar-refractivity contribution in [2.45, 2.75) is 57.3 Å². The summed E-state index contributed by atoms with van der Waals surface area (Å²) in [6.45, 7) is 6.21. The van der Waals surface area contributed by atoms with Crippen LogP contribution in [0.5, 0.6) is 0 Å². The highest BCUT2D eigenvalue weighted by atomic mass is 16.5. The van der Waals surface area contributed by atoms with E-state index in [4.69, 9.17) is 9.47 Å². The van der Waals surface area contributed by atoms with Gasteiger partial charge < -0.3 is 14.4 Å². The Morgan fingerprint density at radius 3 is 2.75 bits per heavy atom. The lowest BCUT2D eigenvalue weighted by molar-refractivity contribution is -0.142. The van der Waals surface area contributed by atoms with Crippen LogP contribution in [0.1, 0.15) is 43.5 Å². The van der Waals surface area contributed by atoms with Crippen molar-refractivity contribution in [3.8, 4) is 0 Å². The molecule has 3 aliphatic rings. The van der Waals surface area contributed by atoms with E-state index >= 15 is 0 Å². The fourth-order valence-electron chi connectivity index (χ4n) is 4.47. The Morgan fingerprint density at radius 1 is 1.21 bits per heavy atom. The van der Waals surface area contributed by atoms with E-state index in [1.165, 1.54) is 0 Å². The number of cyclic esters (lactones) is 1. The molecule has 3 saturated heterocycles. The van der Waals surface area contributed by atoms with Crippen molar-refractivity contribution in [3.63, 3.8) is 0 Å². The lowest BCUT2D eigenvalue weighted by Gasteiger charge is -2.43. The molecule has 0 N–H and O–H groups in total. The van der Waals surface area contributed by atoms with Crippen molar-refractivity contribution in [1.29, 1.82) is 0 Å². The topological polar surface area (TPSA) is 72.0 Å². The van der Waals surface area contributed by atoms with Crippen LogP contribution in [0.15, 0.2) is 18.2 Å². The molecule has 3 aliphatic heterocycles. The monoisotopic (exact) mass is 387 g/mol. The lowest BCUT2D eigenvalue weighted by atomic mass is 9.90. The Morgan fingerprint density at radius 2 is 2.04 bits per heavy atom. The maximum absolute atomic E-state index is 12.6. The quantitative estimate of drug-likeness (QED) is 0.732. The van der Waals surface area contributed by atoms with Crippen molar-refractivity contribution >= 4 is 11.9 Å². The minimum atomic E-state index is -0.279. The molecule has 1 atom stereocenters. The largest absolute Gasteiger partial charge is 0.461 e. The first-order valence-corrected chi connectivity index (χ1v) is 10.3. The van der Waals surface area contributed by atoms with E-state index in [0.717, 1.165) is 50.3 Å². The van der Waals surface area contributed by atoms with Gasteiger partial charge in [0.2, 0.25) is 5.91 Å². The summed E-state index contributed by atoms with van der Waals surface area (Å²) in [5, 5.41) is 0. The number of pyridine rings is 1. The van der Waals surface area contributed by atoms with Gasteiger partial charge in [-0.2, -0.15) is 0 Å². The number of hydrogen-bond acceptors (Lipinski definition) is 6. The van der Waals surface area contributed by atoms with Gasteiger partial charge in [0.25, 0.3) is 0 Å². The fraction of sp³-hybridized carbons (Fsp3) is 0.667. The van der Waals surface area contributed by atoms with Crippen LogP contribution >= 0.6 is 0 Å². The predicted molar refractivity (Wildman–Crippen MR) is 102 cm³/mol. The second kappa shape index (κ2) is 8.17. The summed E-state index contributed by atoms with van der Waals surface area (Å²) >= 11 is 0. The van der Waals surface area contributed by atoms with Gasteiger partial charge in [-0.05, 0) is 38.3 Å². The molecule has 4 rings (SSSR count). The van der Waals surface area contributed by atoms with Gasteiger partial charge in [0.1, 0.15) is 6.10 Å². The maximum Gasteiger partial charge on any atom is 0.306 e. The number of esters is 1. The molecule has 152 valence electrons. The van der Waals surface area contributed by atoms with E-state index in [0.29, 0.717) is 32.5 Å². The number of carbonyl (C=O) groups is 2. The van der Waals surface area contributed by atoms with Crippen LogP contribution in [0.4, 0.5) is 0 Å². The predicted octanol–water partition coefficient (Wildman–Crippen LogP) is 1.68. The Kier molecular flexibility index (Phi) is 5.64. The van der Waals surface area contributed by atoms with E-state index < -0.39 is 0 Å². The third-order valence-corrected chi connectivity index (χ3v) is 6.05. The van der Waals surface area contributed by atoms with E-state index in [1.807, 2.05) is 30.0 Å². The van der Waals surface area contributed by atoms with Crippen LogP contribution in [0, 0.1) is 6.92 Å². The summed E-state index contributed by atoms with van der Waals surface area (Å²) in [7, 11) is 0. The average Bonchev–Trinajstić information content (AvgIpc) is 3.01. The van der Waals surface area contributed by atoms with Crippen LogP contribution in [0.3, 0.4) is 0 Å². The number of carbonyl (C=O) groups excluding carboxylic acids is 2. The van der Waals surface area contributed by atoms with E-state index in [1.54, 1.807) is 0 Å². The molecule has 0 radical (unpaired) electrons. The third-order valence-electron chi connectivity index (χ3n) is 6.05. The second-order valence-electron chi connectivity index (χ2n) is 8.25. The van der Waals surface area contributed by atoms with E-state index in [-0.39, 0.29) is 23.6 Å². The summed E-state index contributed by atoms with van der Waals surface area (Å²) in [5.74, 6) is 0.0602. The molecule has 0 saturated carbocycles. The second-order valence-corrected chi connectivity index (χ2v) is 8.25. The van der Waals surface area contributed by atoms with Gasteiger partial charge in [0.15, 0.2) is 0 Å². The number of likely N-dealkylation sites (tertiary alicyclic amines) is 1. The highest BCUT2D eigenvalue weighted by molar-refractivity contribution is 5.76. The molecule has 1 aromatic rings. The Hall–Kier alpha value is -1.99. The summed E-state index contributed by atoms with van der Waals surface area (Å²) in [6, 6.07) is 5.93. The number of aryl methyl sites for hydroxylation is 1. The number of amides is 1. The van der Waals surface area contributed by atoms with Crippen LogP contribution in [-0.2, 0) is 25.6 Å². The molecular formula is C21H29N3O4. The summed E-state index contributed by atoms with van der Waals surface area (Å²) in [6.07, 6.45) is 3.59. The molecule has 1 aromatic heterocycles. The van der Waals surface area contributed by atoms with Gasteiger partial charge >= 0.3 is 5.97 Å². The number of hydrogen-bond donors (Lipinski definition) is 0. The highest BCUT2D eigenvalue weighted by Crippen LogP contribution is 2.31. The zero-order chi connectivity index (χ0) is 19.6. The third kappa shape index (κ3) is 4.52. The van der Waals surface area contributed by atoms with Gasteiger partial charge in [0, 0.05) is 31.7 Å². The minimum Gasteiger partial charge on any atom is -0.461 e. The zero-order valence-electron chi connectivity index (χ0n) is 16.6. The van der Waals surface area contributed by atoms with Gasteiger partial charge in [-0.15, -0.1) is 0 Å². The molecule has 0 aromatic carbocycles. The van der Waals surface area contributed by atoms with Gasteiger partial charge in [-0.3, -0.25) is 19.5 Å². The first-order chi connectivity index (χ1) is 13.5. The van der Waals surface area contributed by atoms with E-state index in [2.05, 4.69) is 9.88 Å². The van der Waals surface area contributed by atoms with Crippen molar-refractivity contribution in [1.82, 2.24) is 14.8 Å². The average molecular weight is 387 g/mol. The molecule has 1 amide bonds. The van der Waals surface area contributed by atoms with E-state index in [9.17, 15) is 9.59 Å². The summed E-state index contributed by atoms with van der Waals surface area (Å²) in [4.78, 5) is 32.8. The van der Waals surface area contributed by atoms with Gasteiger partial charge in [0.05, 0.1) is 37.4 Å². The maximum atomic E-state index is 12.6. The van der Waals surface area contributed by atoms with Crippen LogP contribution < -0.4 is 0 Å². The van der Waals surface area contributed by atoms with Crippen molar-refractivity contribution in [2.24, 2.45) is 0 Å². The van der Waals surface area contributed by atoms with Crippen LogP contribution in [0.25, 0.3) is 0 Å². The first-order valence-electron chi connectivity index (χ1n) is 10.3. The molecule has 4 heterocycles. The van der Waals surface area contributed by atoms with Crippen molar-refractivity contribution in [2.75, 3.05) is 32.8 Å². The number of piperidine rings is 1. The first kappa shape index (κ1) is 19.3. The SMILES string of the molecule is Cc1cccc(CN2CC3(CCN(CC4CCC(=O)O4)CC3)OCCC2=O)n1. The zero-order valence-corrected chi connectivity index (χ0v) is 16.6. The molecule has 1 unspecified atom stereocenters. The molecule has 28 heavy (non-hydrogen) atoms. The Bertz CT molecular complexity index is 730. The lowest BCUT2D eigenvalue weighted by Crippen LogP contribution is -2.52. The smallest absolute Gasteiger partial charge is 0.306 e. The number of nitrogens with zero attached hydrogens (tertiary/aromatic N) is 3. The number of rotatable bonds is 4. The van der Waals surface area contributed by atoms with Crippen LogP contribution in [-0.4, -0.2) is 71.2 Å². The van der Waals surface area contributed by atoms with Gasteiger partial charge in [-0.1, -0.05) is 6.07 Å². The molecule has 0 aliphatic carbocycles. The molecule has 1 spiro atoms. The number of aromatic nitrogens is 1. The van der Waals surface area contributed by atoms with Crippen molar-refractivity contribution in [3.05, 3.63) is 29.6 Å². The summed E-state index contributed by atoms with van der Waals surface area (Å²) in [5.41, 5.74) is 1.61. The summed E-state index contributed by atoms with van der Waals surface area (Å²) < 4.78 is 11.6. The minimum absolute atomic E-state index is 0.0297. The standard InChI is InChI=1S/C21H29N3O4/c1-16-3-2-4-17(22-16)13-24-15-21(27-12-7-19(24)25)8-10-23(11-9-21)14-18-5-6-20(26)28-18/h2-4,18H,5-15H2,1H3. The fourth-order valence-corrected chi connectivity index (χ4v) is 4.47. The Labute approximate surface area is 166 Å². The van der Waals surface area contributed by atoms with Crippen molar-refractivity contribution < 1.29 is 19.1 Å². The molecule has 3 fully saturated rings. The molecular weight excluding hydrogens is 358 g/mol.